The molecule has 0 spiro atoms. The standard InChI is InChI=1S/C9H8ClN3O4S/c1-17-8(14)6-5(18(10,15)16)3-2-4-7(6)13-9(11)12-4/h2-3H,1H3,(H3,11,12,13). The van der Waals surface area contributed by atoms with Crippen molar-refractivity contribution in [2.24, 2.45) is 0 Å². The van der Waals surface area contributed by atoms with Crippen LogP contribution < -0.4 is 5.73 Å². The zero-order valence-electron chi connectivity index (χ0n) is 9.10. The molecule has 0 atom stereocenters. The minimum atomic E-state index is -4.09. The Balaban J connectivity index is 2.92. The van der Waals surface area contributed by atoms with Crippen LogP contribution in [0.1, 0.15) is 10.4 Å². The molecule has 3 N–H and O–H groups in total. The lowest BCUT2D eigenvalue weighted by Crippen LogP contribution is -2.08. The van der Waals surface area contributed by atoms with Gasteiger partial charge in [-0.3, -0.25) is 0 Å². The third-order valence-electron chi connectivity index (χ3n) is 2.29. The second-order valence-electron chi connectivity index (χ2n) is 3.39. The maximum absolute atomic E-state index is 11.7. The fraction of sp³-hybridized carbons (Fsp3) is 0.111. The molecule has 1 aromatic carbocycles. The van der Waals surface area contributed by atoms with Crippen molar-refractivity contribution in [1.29, 1.82) is 0 Å². The number of aromatic amines is 1. The van der Waals surface area contributed by atoms with Crippen molar-refractivity contribution in [3.63, 3.8) is 0 Å². The van der Waals surface area contributed by atoms with Crippen LogP contribution in [0.5, 0.6) is 0 Å². The quantitative estimate of drug-likeness (QED) is 0.626. The number of nitrogen functional groups attached to an aromatic ring is 1. The summed E-state index contributed by atoms with van der Waals surface area (Å²) in [7, 11) is 2.30. The van der Waals surface area contributed by atoms with E-state index in [1.807, 2.05) is 0 Å². The Morgan fingerprint density at radius 2 is 2.17 bits per heavy atom. The van der Waals surface area contributed by atoms with Crippen LogP contribution in [0.3, 0.4) is 0 Å². The molecule has 1 aromatic heterocycles. The molecule has 0 aliphatic heterocycles. The normalized spacial score (nSPS) is 11.7. The van der Waals surface area contributed by atoms with Gasteiger partial charge in [0, 0.05) is 10.7 Å². The molecule has 9 heteroatoms. The van der Waals surface area contributed by atoms with E-state index in [2.05, 4.69) is 14.7 Å². The zero-order valence-corrected chi connectivity index (χ0v) is 10.7. The summed E-state index contributed by atoms with van der Waals surface area (Å²) in [6.07, 6.45) is 0. The van der Waals surface area contributed by atoms with Crippen molar-refractivity contribution in [1.82, 2.24) is 9.97 Å². The van der Waals surface area contributed by atoms with Gasteiger partial charge in [-0.25, -0.2) is 18.2 Å². The summed E-state index contributed by atoms with van der Waals surface area (Å²) >= 11 is 0. The first kappa shape index (κ1) is 12.7. The molecule has 96 valence electrons. The Kier molecular flexibility index (Phi) is 2.91. The van der Waals surface area contributed by atoms with Crippen LogP contribution >= 0.6 is 10.7 Å². The lowest BCUT2D eigenvalue weighted by molar-refractivity contribution is 0.0598. The van der Waals surface area contributed by atoms with E-state index in [0.29, 0.717) is 5.52 Å². The average Bonchev–Trinajstić information content (AvgIpc) is 2.65. The van der Waals surface area contributed by atoms with Gasteiger partial charge in [-0.2, -0.15) is 0 Å². The predicted octanol–water partition coefficient (Wildman–Crippen LogP) is 0.859. The van der Waals surface area contributed by atoms with E-state index in [4.69, 9.17) is 16.4 Å². The van der Waals surface area contributed by atoms with Crippen LogP contribution in [-0.4, -0.2) is 31.5 Å². The fourth-order valence-corrected chi connectivity index (χ4v) is 2.62. The van der Waals surface area contributed by atoms with Gasteiger partial charge in [0.05, 0.1) is 17.5 Å². The predicted molar refractivity (Wildman–Crippen MR) is 64.9 cm³/mol. The van der Waals surface area contributed by atoms with Gasteiger partial charge in [0.25, 0.3) is 9.05 Å². The molecule has 0 aliphatic carbocycles. The largest absolute Gasteiger partial charge is 0.465 e. The van der Waals surface area contributed by atoms with E-state index < -0.39 is 15.0 Å². The third kappa shape index (κ3) is 2.00. The summed E-state index contributed by atoms with van der Waals surface area (Å²) in [4.78, 5) is 17.8. The molecule has 0 unspecified atom stereocenters. The van der Waals surface area contributed by atoms with Crippen LogP contribution in [0.2, 0.25) is 0 Å². The number of carbonyl (C=O) groups is 1. The van der Waals surface area contributed by atoms with Gasteiger partial charge in [0.2, 0.25) is 0 Å². The lowest BCUT2D eigenvalue weighted by atomic mass is 10.2. The van der Waals surface area contributed by atoms with E-state index in [1.165, 1.54) is 12.1 Å². The SMILES string of the molecule is COC(=O)c1c(S(=O)(=O)Cl)ccc2[nH]c(N)nc12. The number of carbonyl (C=O) groups excluding carboxylic acids is 1. The molecule has 0 saturated carbocycles. The number of esters is 1. The summed E-state index contributed by atoms with van der Waals surface area (Å²) in [5.74, 6) is -0.800. The van der Waals surface area contributed by atoms with Crippen LogP contribution in [0.25, 0.3) is 11.0 Å². The number of rotatable bonds is 2. The Morgan fingerprint density at radius 3 is 2.72 bits per heavy atom. The van der Waals surface area contributed by atoms with Gasteiger partial charge in [-0.15, -0.1) is 0 Å². The Morgan fingerprint density at radius 1 is 1.50 bits per heavy atom. The molecule has 7 nitrogen and oxygen atoms in total. The molecule has 2 rings (SSSR count). The van der Waals surface area contributed by atoms with Crippen molar-refractivity contribution >= 4 is 42.7 Å². The first-order chi connectivity index (χ1) is 8.34. The number of nitrogens with zero attached hydrogens (tertiary/aromatic N) is 1. The Hall–Kier alpha value is -1.80. The number of anilines is 1. The summed E-state index contributed by atoms with van der Waals surface area (Å²) in [5, 5.41) is 0. The van der Waals surface area contributed by atoms with E-state index in [9.17, 15) is 13.2 Å². The molecule has 0 radical (unpaired) electrons. The first-order valence-corrected chi connectivity index (χ1v) is 6.96. The van der Waals surface area contributed by atoms with Gasteiger partial charge in [0.15, 0.2) is 5.95 Å². The molecule has 0 bridgehead atoms. The van der Waals surface area contributed by atoms with Crippen LogP contribution in [0.15, 0.2) is 17.0 Å². The van der Waals surface area contributed by atoms with Gasteiger partial charge < -0.3 is 15.5 Å². The second kappa shape index (κ2) is 4.14. The van der Waals surface area contributed by atoms with Gasteiger partial charge >= 0.3 is 5.97 Å². The summed E-state index contributed by atoms with van der Waals surface area (Å²) < 4.78 is 27.4. The maximum atomic E-state index is 11.7. The topological polar surface area (TPSA) is 115 Å². The Bertz CT molecular complexity index is 738. The molecule has 0 amide bonds. The van der Waals surface area contributed by atoms with Crippen molar-refractivity contribution in [3.8, 4) is 0 Å². The van der Waals surface area contributed by atoms with Gasteiger partial charge in [0.1, 0.15) is 11.1 Å². The van der Waals surface area contributed by atoms with Crippen LogP contribution in [-0.2, 0) is 13.8 Å². The maximum Gasteiger partial charge on any atom is 0.341 e. The summed E-state index contributed by atoms with van der Waals surface area (Å²) in [5.41, 5.74) is 5.73. The number of H-pyrrole nitrogens is 1. The zero-order chi connectivity index (χ0) is 13.5. The van der Waals surface area contributed by atoms with Crippen molar-refractivity contribution < 1.29 is 17.9 Å². The van der Waals surface area contributed by atoms with Gasteiger partial charge in [-0.05, 0) is 12.1 Å². The highest BCUT2D eigenvalue weighted by Gasteiger charge is 2.25. The van der Waals surface area contributed by atoms with Crippen LogP contribution in [0, 0.1) is 0 Å². The molecule has 0 fully saturated rings. The number of nitrogens with one attached hydrogen (secondary N) is 1. The minimum absolute atomic E-state index is 0.0549. The average molecular weight is 290 g/mol. The highest BCUT2D eigenvalue weighted by atomic mass is 35.7. The van der Waals surface area contributed by atoms with Crippen molar-refractivity contribution in [2.75, 3.05) is 12.8 Å². The lowest BCUT2D eigenvalue weighted by Gasteiger charge is -2.05. The first-order valence-electron chi connectivity index (χ1n) is 4.65. The number of hydrogen-bond donors (Lipinski definition) is 2. The molecule has 0 aliphatic rings. The highest BCUT2D eigenvalue weighted by Crippen LogP contribution is 2.27. The van der Waals surface area contributed by atoms with E-state index in [0.717, 1.165) is 7.11 Å². The number of fused-ring (bicyclic) bond motifs is 1. The number of imidazole rings is 1. The number of nitrogens with two attached hydrogens (primary N) is 1. The fourth-order valence-electron chi connectivity index (χ4n) is 1.58. The second-order valence-corrected chi connectivity index (χ2v) is 5.92. The van der Waals surface area contributed by atoms with Gasteiger partial charge in [-0.1, -0.05) is 0 Å². The number of aromatic nitrogens is 2. The van der Waals surface area contributed by atoms with Crippen molar-refractivity contribution in [2.45, 2.75) is 4.90 Å². The number of benzene rings is 1. The molecular weight excluding hydrogens is 282 g/mol. The van der Waals surface area contributed by atoms with E-state index in [-0.39, 0.29) is 21.9 Å². The Labute approximate surface area is 106 Å². The monoisotopic (exact) mass is 289 g/mol. The highest BCUT2D eigenvalue weighted by molar-refractivity contribution is 8.13. The number of methoxy groups -OCH3 is 1. The van der Waals surface area contributed by atoms with Crippen molar-refractivity contribution in [3.05, 3.63) is 17.7 Å². The number of ether oxygens (including phenoxy) is 1. The number of halogens is 1. The van der Waals surface area contributed by atoms with E-state index >= 15 is 0 Å². The summed E-state index contributed by atoms with van der Waals surface area (Å²) in [6.45, 7) is 0. The number of hydrogen-bond acceptors (Lipinski definition) is 6. The molecule has 1 heterocycles. The molecular formula is C9H8ClN3O4S. The molecule has 0 saturated heterocycles. The minimum Gasteiger partial charge on any atom is -0.465 e. The molecule has 2 aromatic rings. The molecule has 18 heavy (non-hydrogen) atoms. The smallest absolute Gasteiger partial charge is 0.341 e. The van der Waals surface area contributed by atoms with Crippen LogP contribution in [0.4, 0.5) is 5.95 Å². The third-order valence-corrected chi connectivity index (χ3v) is 3.65. The summed E-state index contributed by atoms with van der Waals surface area (Å²) in [6, 6.07) is 2.61. The van der Waals surface area contributed by atoms with E-state index in [1.54, 1.807) is 0 Å².